The van der Waals surface area contributed by atoms with E-state index in [1.54, 1.807) is 14.0 Å². The number of oxazole rings is 1. The van der Waals surface area contributed by atoms with Crippen molar-refractivity contribution < 1.29 is 14.3 Å². The van der Waals surface area contributed by atoms with E-state index in [0.29, 0.717) is 11.1 Å². The smallest absolute Gasteiger partial charge is 0.231 e. The van der Waals surface area contributed by atoms with Gasteiger partial charge in [0, 0.05) is 0 Å². The van der Waals surface area contributed by atoms with Crippen LogP contribution in [0, 0.1) is 0 Å². The molecule has 3 aromatic rings. The van der Waals surface area contributed by atoms with Crippen LogP contribution < -0.4 is 4.74 Å². The molecular weight excluding hydrogens is 302 g/mol. The van der Waals surface area contributed by atoms with Crippen LogP contribution in [0.25, 0.3) is 11.1 Å². The third-order valence-electron chi connectivity index (χ3n) is 4.32. The average Bonchev–Trinajstić information content (AvgIpc) is 2.98. The van der Waals surface area contributed by atoms with Crippen LogP contribution in [0.1, 0.15) is 44.7 Å². The molecule has 0 aliphatic heterocycles. The molecule has 0 amide bonds. The van der Waals surface area contributed by atoms with Crippen molar-refractivity contribution in [3.05, 3.63) is 59.5 Å². The summed E-state index contributed by atoms with van der Waals surface area (Å²) in [7, 11) is 1.61. The van der Waals surface area contributed by atoms with Gasteiger partial charge in [-0.05, 0) is 47.7 Å². The van der Waals surface area contributed by atoms with E-state index in [4.69, 9.17) is 9.15 Å². The number of methoxy groups -OCH3 is 1. The summed E-state index contributed by atoms with van der Waals surface area (Å²) in [6, 6.07) is 13.2. The molecule has 1 atom stereocenters. The third kappa shape index (κ3) is 2.89. The van der Waals surface area contributed by atoms with Crippen molar-refractivity contribution >= 4 is 11.1 Å². The quantitative estimate of drug-likeness (QED) is 0.776. The van der Waals surface area contributed by atoms with Crippen molar-refractivity contribution in [1.29, 1.82) is 0 Å². The van der Waals surface area contributed by atoms with E-state index < -0.39 is 5.60 Å². The number of aliphatic hydroxyl groups is 1. The molecule has 4 nitrogen and oxygen atoms in total. The lowest BCUT2D eigenvalue weighted by Crippen LogP contribution is -2.23. The Hall–Kier alpha value is -2.33. The fourth-order valence-electron chi connectivity index (χ4n) is 2.64. The molecule has 3 rings (SSSR count). The van der Waals surface area contributed by atoms with Gasteiger partial charge >= 0.3 is 0 Å². The Labute approximate surface area is 142 Å². The van der Waals surface area contributed by atoms with E-state index in [9.17, 15) is 5.11 Å². The number of ether oxygens (including phenoxy) is 1. The maximum absolute atomic E-state index is 11.0. The zero-order valence-corrected chi connectivity index (χ0v) is 14.8. The molecular formula is C20H23NO3. The fraction of sp³-hybridized carbons (Fsp3) is 0.350. The molecule has 0 aliphatic rings. The number of aromatic nitrogens is 1. The van der Waals surface area contributed by atoms with Crippen LogP contribution in [-0.4, -0.2) is 17.2 Å². The minimum Gasteiger partial charge on any atom is -0.497 e. The summed E-state index contributed by atoms with van der Waals surface area (Å²) < 4.78 is 11.0. The van der Waals surface area contributed by atoms with E-state index in [-0.39, 0.29) is 11.3 Å². The van der Waals surface area contributed by atoms with Crippen LogP contribution >= 0.6 is 0 Å². The van der Waals surface area contributed by atoms with Gasteiger partial charge in [0.05, 0.1) is 7.11 Å². The van der Waals surface area contributed by atoms with E-state index in [0.717, 1.165) is 11.3 Å². The van der Waals surface area contributed by atoms with E-state index in [2.05, 4.69) is 25.8 Å². The number of rotatable bonds is 3. The second kappa shape index (κ2) is 5.64. The predicted octanol–water partition coefficient (Wildman–Crippen LogP) is 4.39. The monoisotopic (exact) mass is 325 g/mol. The first-order valence-electron chi connectivity index (χ1n) is 8.00. The highest BCUT2D eigenvalue weighted by Gasteiger charge is 2.32. The molecule has 2 aromatic carbocycles. The minimum absolute atomic E-state index is 0.0335. The Balaban J connectivity index is 2.03. The molecule has 1 heterocycles. The van der Waals surface area contributed by atoms with Crippen molar-refractivity contribution in [2.24, 2.45) is 0 Å². The van der Waals surface area contributed by atoms with Crippen molar-refractivity contribution in [1.82, 2.24) is 4.98 Å². The summed E-state index contributed by atoms with van der Waals surface area (Å²) in [5.41, 5.74) is 2.03. The molecule has 24 heavy (non-hydrogen) atoms. The Kier molecular flexibility index (Phi) is 3.88. The van der Waals surface area contributed by atoms with Crippen molar-refractivity contribution in [3.8, 4) is 5.75 Å². The molecule has 1 aromatic heterocycles. The maximum atomic E-state index is 11.0. The lowest BCUT2D eigenvalue weighted by molar-refractivity contribution is 0.0726. The molecule has 0 saturated carbocycles. The highest BCUT2D eigenvalue weighted by Crippen LogP contribution is 2.33. The van der Waals surface area contributed by atoms with Gasteiger partial charge in [0.25, 0.3) is 0 Å². The van der Waals surface area contributed by atoms with Crippen LogP contribution in [0.4, 0.5) is 0 Å². The average molecular weight is 325 g/mol. The van der Waals surface area contributed by atoms with Crippen molar-refractivity contribution in [3.63, 3.8) is 0 Å². The third-order valence-corrected chi connectivity index (χ3v) is 4.32. The van der Waals surface area contributed by atoms with E-state index >= 15 is 0 Å². The molecule has 126 valence electrons. The molecule has 0 saturated heterocycles. The highest BCUT2D eigenvalue weighted by molar-refractivity contribution is 5.74. The molecule has 0 spiro atoms. The van der Waals surface area contributed by atoms with Crippen LogP contribution in [-0.2, 0) is 11.0 Å². The van der Waals surface area contributed by atoms with Crippen LogP contribution in [0.3, 0.4) is 0 Å². The Morgan fingerprint density at radius 2 is 1.58 bits per heavy atom. The number of hydrogen-bond donors (Lipinski definition) is 1. The Morgan fingerprint density at radius 1 is 0.958 bits per heavy atom. The number of hydrogen-bond acceptors (Lipinski definition) is 4. The standard InChI is InChI=1S/C20H23NO3/c1-19(2,3)14-8-11-17-16(12-14)21-18(24-17)20(4,22)13-6-9-15(23-5)10-7-13/h6-12,22H,1-5H3. The first-order chi connectivity index (χ1) is 11.2. The largest absolute Gasteiger partial charge is 0.497 e. The lowest BCUT2D eigenvalue weighted by atomic mass is 9.87. The second-order valence-electron chi connectivity index (χ2n) is 7.25. The van der Waals surface area contributed by atoms with Gasteiger partial charge in [0.15, 0.2) is 11.2 Å². The summed E-state index contributed by atoms with van der Waals surface area (Å²) in [4.78, 5) is 4.53. The van der Waals surface area contributed by atoms with Gasteiger partial charge in [-0.25, -0.2) is 4.98 Å². The number of benzene rings is 2. The van der Waals surface area contributed by atoms with Gasteiger partial charge in [-0.2, -0.15) is 0 Å². The summed E-state index contributed by atoms with van der Waals surface area (Å²) in [6.45, 7) is 8.15. The van der Waals surface area contributed by atoms with Gasteiger partial charge in [0.1, 0.15) is 11.3 Å². The molecule has 0 radical (unpaired) electrons. The van der Waals surface area contributed by atoms with Crippen molar-refractivity contribution in [2.45, 2.75) is 38.7 Å². The molecule has 4 heteroatoms. The molecule has 0 bridgehead atoms. The number of fused-ring (bicyclic) bond motifs is 1. The minimum atomic E-state index is -1.31. The Morgan fingerprint density at radius 3 is 2.17 bits per heavy atom. The van der Waals surface area contributed by atoms with Gasteiger partial charge < -0.3 is 14.3 Å². The predicted molar refractivity (Wildman–Crippen MR) is 94.4 cm³/mol. The lowest BCUT2D eigenvalue weighted by Gasteiger charge is -2.20. The fourth-order valence-corrected chi connectivity index (χ4v) is 2.64. The van der Waals surface area contributed by atoms with Gasteiger partial charge in [-0.1, -0.05) is 39.0 Å². The zero-order chi connectivity index (χ0) is 17.5. The van der Waals surface area contributed by atoms with Gasteiger partial charge in [-0.15, -0.1) is 0 Å². The maximum Gasteiger partial charge on any atom is 0.231 e. The van der Waals surface area contributed by atoms with Gasteiger partial charge in [0.2, 0.25) is 5.89 Å². The Bertz CT molecular complexity index is 855. The number of nitrogens with zero attached hydrogens (tertiary/aromatic N) is 1. The van der Waals surface area contributed by atoms with Crippen LogP contribution in [0.15, 0.2) is 46.9 Å². The molecule has 1 unspecified atom stereocenters. The zero-order valence-electron chi connectivity index (χ0n) is 14.8. The summed E-state index contributed by atoms with van der Waals surface area (Å²) in [5.74, 6) is 1.02. The molecule has 1 N–H and O–H groups in total. The van der Waals surface area contributed by atoms with Crippen LogP contribution in [0.5, 0.6) is 5.75 Å². The highest BCUT2D eigenvalue weighted by atomic mass is 16.5. The topological polar surface area (TPSA) is 55.5 Å². The normalized spacial score (nSPS) is 14.6. The summed E-state index contributed by atoms with van der Waals surface area (Å²) in [5, 5.41) is 11.0. The van der Waals surface area contributed by atoms with E-state index in [1.165, 1.54) is 5.56 Å². The summed E-state index contributed by atoms with van der Waals surface area (Å²) >= 11 is 0. The molecule has 0 aliphatic carbocycles. The van der Waals surface area contributed by atoms with Crippen molar-refractivity contribution in [2.75, 3.05) is 7.11 Å². The molecule has 0 fully saturated rings. The SMILES string of the molecule is COc1ccc(C(C)(O)c2nc3cc(C(C)(C)C)ccc3o2)cc1. The van der Waals surface area contributed by atoms with E-state index in [1.807, 2.05) is 42.5 Å². The summed E-state index contributed by atoms with van der Waals surface area (Å²) in [6.07, 6.45) is 0. The first kappa shape index (κ1) is 16.5. The second-order valence-corrected chi connectivity index (χ2v) is 7.25. The first-order valence-corrected chi connectivity index (χ1v) is 8.00. The van der Waals surface area contributed by atoms with Gasteiger partial charge in [-0.3, -0.25) is 0 Å². The van der Waals surface area contributed by atoms with Crippen LogP contribution in [0.2, 0.25) is 0 Å².